The van der Waals surface area contributed by atoms with Gasteiger partial charge in [0.15, 0.2) is 16.8 Å². The van der Waals surface area contributed by atoms with Crippen LogP contribution in [0.1, 0.15) is 17.3 Å². The molecule has 0 aliphatic heterocycles. The van der Waals surface area contributed by atoms with Gasteiger partial charge in [0, 0.05) is 11.3 Å². The average Bonchev–Trinajstić information content (AvgIpc) is 2.96. The van der Waals surface area contributed by atoms with Gasteiger partial charge >= 0.3 is 5.16 Å². The Hall–Kier alpha value is -2.60. The van der Waals surface area contributed by atoms with Crippen molar-refractivity contribution in [3.8, 4) is 0 Å². The van der Waals surface area contributed by atoms with Gasteiger partial charge in [-0.1, -0.05) is 12.1 Å². The number of carbonyl (C=O) groups is 2. The fraction of sp³-hybridized carbons (Fsp3) is 0.118. The van der Waals surface area contributed by atoms with E-state index in [2.05, 4.69) is 15.3 Å². The number of hydrogen-bond acceptors (Lipinski definition) is 3. The molecule has 116 valence electrons. The molecule has 0 saturated carbocycles. The van der Waals surface area contributed by atoms with Gasteiger partial charge in [-0.05, 0) is 55.1 Å². The average molecular weight is 326 g/mol. The Morgan fingerprint density at radius 2 is 1.87 bits per heavy atom. The minimum Gasteiger partial charge on any atom is -0.325 e. The van der Waals surface area contributed by atoms with Crippen molar-refractivity contribution in [2.45, 2.75) is 12.1 Å². The van der Waals surface area contributed by atoms with E-state index in [1.54, 1.807) is 24.3 Å². The zero-order chi connectivity index (χ0) is 16.2. The molecule has 3 N–H and O–H groups in total. The van der Waals surface area contributed by atoms with Crippen LogP contribution >= 0.6 is 11.8 Å². The van der Waals surface area contributed by atoms with Gasteiger partial charge in [-0.2, -0.15) is 0 Å². The van der Waals surface area contributed by atoms with Crippen LogP contribution in [0.4, 0.5) is 5.69 Å². The minimum absolute atomic E-state index is 0.00720. The van der Waals surface area contributed by atoms with Crippen LogP contribution < -0.4 is 10.3 Å². The standard InChI is InChI=1S/C17H15N3O2S/c1-11(21)12-6-8-13(9-7-12)18-16(22)10-23-17-19-14-4-2-3-5-15(14)20-17/h2-9H,10H2,1H3,(H,18,22)(H,19,20)/p+1. The van der Waals surface area contributed by atoms with Gasteiger partial charge < -0.3 is 5.32 Å². The zero-order valence-corrected chi connectivity index (χ0v) is 13.4. The van der Waals surface area contributed by atoms with Gasteiger partial charge in [0.25, 0.3) is 0 Å². The SMILES string of the molecule is CC(=O)c1ccc(NC(=O)CSc2[nH]c3ccccc3[nH+]2)cc1. The third-order valence-electron chi connectivity index (χ3n) is 3.35. The topological polar surface area (TPSA) is 76.1 Å². The highest BCUT2D eigenvalue weighted by Gasteiger charge is 2.12. The fourth-order valence-electron chi connectivity index (χ4n) is 2.17. The Morgan fingerprint density at radius 1 is 1.13 bits per heavy atom. The summed E-state index contributed by atoms with van der Waals surface area (Å²) in [6, 6.07) is 14.7. The van der Waals surface area contributed by atoms with E-state index in [-0.39, 0.29) is 17.4 Å². The quantitative estimate of drug-likeness (QED) is 0.559. The lowest BCUT2D eigenvalue weighted by Crippen LogP contribution is -2.15. The number of benzene rings is 2. The predicted octanol–water partition coefficient (Wildman–Crippen LogP) is 2.92. The lowest BCUT2D eigenvalue weighted by molar-refractivity contribution is -0.396. The van der Waals surface area contributed by atoms with Crippen LogP contribution in [0.25, 0.3) is 11.0 Å². The number of H-pyrrole nitrogens is 2. The monoisotopic (exact) mass is 326 g/mol. The summed E-state index contributed by atoms with van der Waals surface area (Å²) in [5.41, 5.74) is 3.33. The lowest BCUT2D eigenvalue weighted by atomic mass is 10.1. The first-order valence-electron chi connectivity index (χ1n) is 7.15. The first-order chi connectivity index (χ1) is 11.1. The summed E-state index contributed by atoms with van der Waals surface area (Å²) in [7, 11) is 0. The maximum absolute atomic E-state index is 12.0. The molecule has 1 amide bonds. The minimum atomic E-state index is -0.0994. The molecule has 0 bridgehead atoms. The molecule has 0 unspecified atom stereocenters. The molecular formula is C17H16N3O2S+. The second-order valence-corrected chi connectivity index (χ2v) is 6.08. The van der Waals surface area contributed by atoms with Crippen molar-refractivity contribution in [3.63, 3.8) is 0 Å². The van der Waals surface area contributed by atoms with Crippen molar-refractivity contribution in [2.75, 3.05) is 11.1 Å². The summed E-state index contributed by atoms with van der Waals surface area (Å²) in [5.74, 6) is 0.197. The molecule has 0 aliphatic carbocycles. The summed E-state index contributed by atoms with van der Waals surface area (Å²) in [6.45, 7) is 1.51. The van der Waals surface area contributed by atoms with Crippen molar-refractivity contribution in [1.29, 1.82) is 0 Å². The van der Waals surface area contributed by atoms with Crippen LogP contribution in [0, 0.1) is 0 Å². The molecule has 5 nitrogen and oxygen atoms in total. The van der Waals surface area contributed by atoms with Gasteiger partial charge in [0.2, 0.25) is 5.91 Å². The second-order valence-electron chi connectivity index (χ2n) is 5.10. The normalized spacial score (nSPS) is 10.7. The Balaban J connectivity index is 1.57. The number of anilines is 1. The van der Waals surface area contributed by atoms with Crippen molar-refractivity contribution >= 4 is 40.2 Å². The number of Topliss-reactive ketones (excluding diaryl/α,β-unsaturated/α-hetero) is 1. The smallest absolute Gasteiger partial charge is 0.315 e. The summed E-state index contributed by atoms with van der Waals surface area (Å²) >= 11 is 1.40. The Kier molecular flexibility index (Phi) is 4.43. The van der Waals surface area contributed by atoms with Gasteiger partial charge in [0.05, 0.1) is 5.75 Å². The van der Waals surface area contributed by atoms with E-state index in [1.165, 1.54) is 18.7 Å². The molecule has 0 radical (unpaired) electrons. The van der Waals surface area contributed by atoms with Gasteiger partial charge in [-0.15, -0.1) is 0 Å². The fourth-order valence-corrected chi connectivity index (χ4v) is 2.88. The molecule has 1 heterocycles. The molecule has 1 aromatic heterocycles. The Morgan fingerprint density at radius 3 is 2.57 bits per heavy atom. The van der Waals surface area contributed by atoms with E-state index in [0.29, 0.717) is 11.3 Å². The number of aromatic nitrogens is 2. The van der Waals surface area contributed by atoms with Gasteiger partial charge in [0.1, 0.15) is 0 Å². The van der Waals surface area contributed by atoms with E-state index in [9.17, 15) is 9.59 Å². The zero-order valence-electron chi connectivity index (χ0n) is 12.6. The third kappa shape index (κ3) is 3.78. The highest BCUT2D eigenvalue weighted by Crippen LogP contribution is 2.16. The molecule has 3 aromatic rings. The number of nitrogens with one attached hydrogen (secondary N) is 3. The van der Waals surface area contributed by atoms with Crippen molar-refractivity contribution in [1.82, 2.24) is 4.98 Å². The van der Waals surface area contributed by atoms with E-state index < -0.39 is 0 Å². The van der Waals surface area contributed by atoms with E-state index >= 15 is 0 Å². The molecule has 0 saturated heterocycles. The molecular weight excluding hydrogens is 310 g/mol. The third-order valence-corrected chi connectivity index (χ3v) is 4.25. The molecule has 0 spiro atoms. The van der Waals surface area contributed by atoms with E-state index in [4.69, 9.17) is 0 Å². The molecule has 6 heteroatoms. The molecule has 0 fully saturated rings. The highest BCUT2D eigenvalue weighted by atomic mass is 32.2. The maximum Gasteiger partial charge on any atom is 0.315 e. The van der Waals surface area contributed by atoms with Gasteiger partial charge in [-0.3, -0.25) is 9.59 Å². The summed E-state index contributed by atoms with van der Waals surface area (Å²) in [4.78, 5) is 29.7. The number of rotatable bonds is 5. The lowest BCUT2D eigenvalue weighted by Gasteiger charge is -2.04. The molecule has 2 aromatic carbocycles. The highest BCUT2D eigenvalue weighted by molar-refractivity contribution is 7.99. The molecule has 0 atom stereocenters. The maximum atomic E-state index is 12.0. The number of fused-ring (bicyclic) bond motifs is 1. The number of thioether (sulfide) groups is 1. The van der Waals surface area contributed by atoms with Crippen LogP contribution in [0.15, 0.2) is 53.7 Å². The number of ketones is 1. The number of hydrogen-bond donors (Lipinski definition) is 2. The Labute approximate surface area is 137 Å². The molecule has 3 rings (SSSR count). The number of amides is 1. The van der Waals surface area contributed by atoms with Crippen LogP contribution in [0.5, 0.6) is 0 Å². The first kappa shape index (κ1) is 15.3. The molecule has 0 aliphatic rings. The van der Waals surface area contributed by atoms with Crippen LogP contribution in [-0.2, 0) is 4.79 Å². The number of para-hydroxylation sites is 2. The van der Waals surface area contributed by atoms with Crippen LogP contribution in [0.3, 0.4) is 0 Å². The number of imidazole rings is 1. The van der Waals surface area contributed by atoms with Crippen molar-refractivity contribution in [2.24, 2.45) is 0 Å². The van der Waals surface area contributed by atoms with E-state index in [1.807, 2.05) is 24.3 Å². The second kappa shape index (κ2) is 6.66. The van der Waals surface area contributed by atoms with Crippen LogP contribution in [0.2, 0.25) is 0 Å². The molecule has 23 heavy (non-hydrogen) atoms. The predicted molar refractivity (Wildman–Crippen MR) is 90.7 cm³/mol. The van der Waals surface area contributed by atoms with Crippen molar-refractivity contribution < 1.29 is 14.6 Å². The summed E-state index contributed by atoms with van der Waals surface area (Å²) in [5, 5.41) is 3.65. The number of carbonyl (C=O) groups excluding carboxylic acids is 2. The summed E-state index contributed by atoms with van der Waals surface area (Å²) in [6.07, 6.45) is 0. The summed E-state index contributed by atoms with van der Waals surface area (Å²) < 4.78 is 0. The van der Waals surface area contributed by atoms with Gasteiger partial charge in [-0.25, -0.2) is 9.97 Å². The van der Waals surface area contributed by atoms with Crippen molar-refractivity contribution in [3.05, 3.63) is 54.1 Å². The van der Waals surface area contributed by atoms with Crippen LogP contribution in [-0.4, -0.2) is 22.4 Å². The van der Waals surface area contributed by atoms with E-state index in [0.717, 1.165) is 16.2 Å². The largest absolute Gasteiger partial charge is 0.325 e. The number of aromatic amines is 2. The Bertz CT molecular complexity index is 823. The first-order valence-corrected chi connectivity index (χ1v) is 8.14.